The first kappa shape index (κ1) is 17.2. The molecule has 1 N–H and O–H groups in total. The molecular weight excluding hydrogens is 334 g/mol. The van der Waals surface area contributed by atoms with Gasteiger partial charge in [-0.05, 0) is 24.3 Å². The van der Waals surface area contributed by atoms with Gasteiger partial charge in [0.05, 0.1) is 13.2 Å². The van der Waals surface area contributed by atoms with Crippen molar-refractivity contribution < 1.29 is 19.3 Å². The molecule has 0 amide bonds. The van der Waals surface area contributed by atoms with Crippen molar-refractivity contribution in [3.63, 3.8) is 0 Å². The molecule has 130 valence electrons. The first-order valence-corrected chi connectivity index (χ1v) is 8.04. The Bertz CT molecular complexity index is 642. The minimum atomic E-state index is -0.960. The molecule has 0 aliphatic carbocycles. The van der Waals surface area contributed by atoms with Crippen molar-refractivity contribution in [2.24, 2.45) is 5.41 Å². The molecule has 2 unspecified atom stereocenters. The van der Waals surface area contributed by atoms with Gasteiger partial charge in [0.2, 0.25) is 6.23 Å². The standard InChI is InChI=1S/C16H20ClN3O4/c1-16(2,15-22-7-8-23-15)13(21)14(20-10-18-9-19-20)24-12-5-3-11(17)4-6-12/h3-6,9-10,13-15,21H,7-8H2,1-2H3. The first-order chi connectivity index (χ1) is 11.5. The van der Waals surface area contributed by atoms with Crippen molar-refractivity contribution in [3.8, 4) is 5.75 Å². The van der Waals surface area contributed by atoms with Crippen molar-refractivity contribution in [3.05, 3.63) is 41.9 Å². The van der Waals surface area contributed by atoms with E-state index < -0.39 is 24.0 Å². The predicted octanol–water partition coefficient (Wildman–Crippen LogP) is 2.27. The quantitative estimate of drug-likeness (QED) is 0.858. The second-order valence-corrected chi connectivity index (χ2v) is 6.61. The molecule has 8 heteroatoms. The van der Waals surface area contributed by atoms with Gasteiger partial charge < -0.3 is 19.3 Å². The minimum Gasteiger partial charge on any atom is -0.466 e. The first-order valence-electron chi connectivity index (χ1n) is 7.66. The average molecular weight is 354 g/mol. The molecule has 2 atom stereocenters. The third-order valence-electron chi connectivity index (χ3n) is 4.03. The molecule has 0 bridgehead atoms. The smallest absolute Gasteiger partial charge is 0.219 e. The lowest BCUT2D eigenvalue weighted by Gasteiger charge is -2.38. The minimum absolute atomic E-state index is 0.507. The highest BCUT2D eigenvalue weighted by Gasteiger charge is 2.45. The number of aliphatic hydroxyl groups excluding tert-OH is 1. The molecule has 0 radical (unpaired) electrons. The molecule has 1 aliphatic rings. The summed E-state index contributed by atoms with van der Waals surface area (Å²) in [5.74, 6) is 0.558. The van der Waals surface area contributed by atoms with E-state index in [4.69, 9.17) is 25.8 Å². The molecule has 0 spiro atoms. The van der Waals surface area contributed by atoms with Gasteiger partial charge in [-0.2, -0.15) is 5.10 Å². The van der Waals surface area contributed by atoms with Gasteiger partial charge in [-0.1, -0.05) is 25.4 Å². The Morgan fingerprint density at radius 3 is 2.54 bits per heavy atom. The highest BCUT2D eigenvalue weighted by Crippen LogP contribution is 2.37. The van der Waals surface area contributed by atoms with Crippen LogP contribution >= 0.6 is 11.6 Å². The molecule has 1 aromatic carbocycles. The Hall–Kier alpha value is -1.67. The molecular formula is C16H20ClN3O4. The van der Waals surface area contributed by atoms with Gasteiger partial charge in [-0.25, -0.2) is 9.67 Å². The fourth-order valence-corrected chi connectivity index (χ4v) is 2.69. The van der Waals surface area contributed by atoms with E-state index in [1.165, 1.54) is 17.3 Å². The van der Waals surface area contributed by atoms with Crippen LogP contribution in [-0.4, -0.2) is 45.5 Å². The Morgan fingerprint density at radius 1 is 1.29 bits per heavy atom. The summed E-state index contributed by atoms with van der Waals surface area (Å²) in [5.41, 5.74) is -0.723. The van der Waals surface area contributed by atoms with Crippen LogP contribution in [0, 0.1) is 5.41 Å². The zero-order valence-corrected chi connectivity index (χ0v) is 14.3. The fraction of sp³-hybridized carbons (Fsp3) is 0.500. The molecule has 24 heavy (non-hydrogen) atoms. The van der Waals surface area contributed by atoms with Gasteiger partial charge in [-0.15, -0.1) is 0 Å². The van der Waals surface area contributed by atoms with E-state index in [1.54, 1.807) is 24.3 Å². The third kappa shape index (κ3) is 3.54. The zero-order valence-electron chi connectivity index (χ0n) is 13.5. The molecule has 0 saturated carbocycles. The van der Waals surface area contributed by atoms with E-state index >= 15 is 0 Å². The lowest BCUT2D eigenvalue weighted by atomic mass is 9.84. The van der Waals surface area contributed by atoms with E-state index in [0.717, 1.165) is 0 Å². The van der Waals surface area contributed by atoms with Gasteiger partial charge in [0.1, 0.15) is 24.5 Å². The maximum absolute atomic E-state index is 11.0. The number of benzene rings is 1. The number of aliphatic hydroxyl groups is 1. The van der Waals surface area contributed by atoms with E-state index in [2.05, 4.69) is 10.1 Å². The van der Waals surface area contributed by atoms with Crippen molar-refractivity contribution in [1.82, 2.24) is 14.8 Å². The number of hydrogen-bond donors (Lipinski definition) is 1. The number of nitrogens with zero attached hydrogens (tertiary/aromatic N) is 3. The lowest BCUT2D eigenvalue weighted by molar-refractivity contribution is -0.189. The maximum Gasteiger partial charge on any atom is 0.219 e. The molecule has 1 saturated heterocycles. The van der Waals surface area contributed by atoms with Crippen LogP contribution in [0.25, 0.3) is 0 Å². The number of rotatable bonds is 6. The highest BCUT2D eigenvalue weighted by molar-refractivity contribution is 6.30. The van der Waals surface area contributed by atoms with Gasteiger partial charge in [0, 0.05) is 10.4 Å². The molecule has 1 aliphatic heterocycles. The molecule has 2 heterocycles. The van der Waals surface area contributed by atoms with Crippen LogP contribution in [0.15, 0.2) is 36.9 Å². The molecule has 3 rings (SSSR count). The average Bonchev–Trinajstić information content (AvgIpc) is 3.27. The van der Waals surface area contributed by atoms with Crippen molar-refractivity contribution in [2.45, 2.75) is 32.5 Å². The van der Waals surface area contributed by atoms with Crippen LogP contribution in [-0.2, 0) is 9.47 Å². The van der Waals surface area contributed by atoms with Gasteiger partial charge in [0.25, 0.3) is 0 Å². The monoisotopic (exact) mass is 353 g/mol. The fourth-order valence-electron chi connectivity index (χ4n) is 2.56. The topological polar surface area (TPSA) is 78.6 Å². The predicted molar refractivity (Wildman–Crippen MR) is 86.6 cm³/mol. The molecule has 2 aromatic rings. The van der Waals surface area contributed by atoms with Crippen molar-refractivity contribution >= 4 is 11.6 Å². The number of hydrogen-bond acceptors (Lipinski definition) is 6. The summed E-state index contributed by atoms with van der Waals surface area (Å²) in [6, 6.07) is 6.90. The molecule has 1 fully saturated rings. The van der Waals surface area contributed by atoms with Crippen LogP contribution < -0.4 is 4.74 Å². The van der Waals surface area contributed by atoms with E-state index in [1.807, 2.05) is 13.8 Å². The van der Waals surface area contributed by atoms with Crippen LogP contribution in [0.3, 0.4) is 0 Å². The van der Waals surface area contributed by atoms with E-state index in [9.17, 15) is 5.11 Å². The Balaban J connectivity index is 1.85. The van der Waals surface area contributed by atoms with Crippen LogP contribution in [0.4, 0.5) is 0 Å². The number of ether oxygens (including phenoxy) is 3. The largest absolute Gasteiger partial charge is 0.466 e. The van der Waals surface area contributed by atoms with Crippen LogP contribution in [0.2, 0.25) is 5.02 Å². The van der Waals surface area contributed by atoms with Crippen molar-refractivity contribution in [2.75, 3.05) is 13.2 Å². The molecule has 1 aromatic heterocycles. The van der Waals surface area contributed by atoms with Gasteiger partial charge >= 0.3 is 0 Å². The zero-order chi connectivity index (χ0) is 17.2. The van der Waals surface area contributed by atoms with Crippen LogP contribution in [0.1, 0.15) is 20.1 Å². The summed E-state index contributed by atoms with van der Waals surface area (Å²) in [4.78, 5) is 3.94. The Morgan fingerprint density at radius 2 is 1.96 bits per heavy atom. The summed E-state index contributed by atoms with van der Waals surface area (Å²) in [6.07, 6.45) is 0.610. The summed E-state index contributed by atoms with van der Waals surface area (Å²) < 4.78 is 18.6. The van der Waals surface area contributed by atoms with Gasteiger partial charge in [0.15, 0.2) is 6.29 Å². The number of aromatic nitrogens is 3. The lowest BCUT2D eigenvalue weighted by Crippen LogP contribution is -2.47. The Labute approximate surface area is 145 Å². The van der Waals surface area contributed by atoms with Gasteiger partial charge in [-0.3, -0.25) is 0 Å². The summed E-state index contributed by atoms with van der Waals surface area (Å²) in [5, 5.41) is 15.7. The third-order valence-corrected chi connectivity index (χ3v) is 4.28. The second-order valence-electron chi connectivity index (χ2n) is 6.18. The number of halogens is 1. The Kier molecular flexibility index (Phi) is 5.05. The second kappa shape index (κ2) is 7.06. The normalized spacial score (nSPS) is 18.5. The van der Waals surface area contributed by atoms with E-state index in [0.29, 0.717) is 24.0 Å². The van der Waals surface area contributed by atoms with Crippen molar-refractivity contribution in [1.29, 1.82) is 0 Å². The molecule has 7 nitrogen and oxygen atoms in total. The van der Waals surface area contributed by atoms with E-state index in [-0.39, 0.29) is 0 Å². The summed E-state index contributed by atoms with van der Waals surface area (Å²) in [7, 11) is 0. The SMILES string of the molecule is CC(C)(C1OCCO1)C(O)C(Oc1ccc(Cl)cc1)n1cncn1. The maximum atomic E-state index is 11.0. The summed E-state index contributed by atoms with van der Waals surface area (Å²) in [6.45, 7) is 4.74. The van der Waals surface area contributed by atoms with Crippen LogP contribution in [0.5, 0.6) is 5.75 Å². The summed E-state index contributed by atoms with van der Waals surface area (Å²) >= 11 is 5.90. The highest BCUT2D eigenvalue weighted by atomic mass is 35.5.